The Morgan fingerprint density at radius 1 is 0.810 bits per heavy atom. The van der Waals surface area contributed by atoms with E-state index >= 15 is 0 Å². The fourth-order valence-electron chi connectivity index (χ4n) is 2.64. The van der Waals surface area contributed by atoms with Crippen LogP contribution in [-0.4, -0.2) is 0 Å². The molecular formula is C20H25Cl. The van der Waals surface area contributed by atoms with Crippen LogP contribution < -0.4 is 0 Å². The van der Waals surface area contributed by atoms with E-state index in [1.54, 1.807) is 0 Å². The van der Waals surface area contributed by atoms with Crippen LogP contribution >= 0.6 is 11.6 Å². The molecule has 0 bridgehead atoms. The van der Waals surface area contributed by atoms with Gasteiger partial charge in [-0.1, -0.05) is 88.7 Å². The molecule has 0 fully saturated rings. The predicted octanol–water partition coefficient (Wildman–Crippen LogP) is 6.16. The lowest BCUT2D eigenvalue weighted by Crippen LogP contribution is -2.21. The molecule has 0 radical (unpaired) electrons. The van der Waals surface area contributed by atoms with Gasteiger partial charge in [-0.3, -0.25) is 0 Å². The van der Waals surface area contributed by atoms with Crippen molar-refractivity contribution in [1.29, 1.82) is 0 Å². The molecule has 0 heterocycles. The van der Waals surface area contributed by atoms with Crippen molar-refractivity contribution in [2.75, 3.05) is 0 Å². The lowest BCUT2D eigenvalue weighted by molar-refractivity contribution is 0.520. The van der Waals surface area contributed by atoms with Crippen LogP contribution in [0.4, 0.5) is 0 Å². The molecular weight excluding hydrogens is 276 g/mol. The van der Waals surface area contributed by atoms with Crippen LogP contribution in [0.25, 0.3) is 0 Å². The summed E-state index contributed by atoms with van der Waals surface area (Å²) in [5, 5.41) is 0.868. The van der Waals surface area contributed by atoms with Gasteiger partial charge in [0.1, 0.15) is 0 Å². The highest BCUT2D eigenvalue weighted by molar-refractivity contribution is 6.31. The van der Waals surface area contributed by atoms with Gasteiger partial charge < -0.3 is 0 Å². The maximum absolute atomic E-state index is 6.44. The highest BCUT2D eigenvalue weighted by atomic mass is 35.5. The SMILES string of the molecule is CC(C)(C)c1ccc(Cl)c(CC(C)(C)c2ccccc2)c1. The largest absolute Gasteiger partial charge is 0.0840 e. The first-order valence-corrected chi connectivity index (χ1v) is 7.92. The van der Waals surface area contributed by atoms with Crippen molar-refractivity contribution in [1.82, 2.24) is 0 Å². The Balaban J connectivity index is 2.35. The number of rotatable bonds is 3. The van der Waals surface area contributed by atoms with Gasteiger partial charge in [0.25, 0.3) is 0 Å². The Hall–Kier alpha value is -1.27. The normalized spacial score (nSPS) is 12.5. The third-order valence-corrected chi connectivity index (χ3v) is 4.47. The second kappa shape index (κ2) is 5.85. The second-order valence-corrected chi connectivity index (χ2v) is 7.89. The molecule has 0 aliphatic rings. The monoisotopic (exact) mass is 300 g/mol. The summed E-state index contributed by atoms with van der Waals surface area (Å²) >= 11 is 6.44. The minimum atomic E-state index is 0.0708. The maximum atomic E-state index is 6.44. The van der Waals surface area contributed by atoms with Gasteiger partial charge in [0, 0.05) is 5.02 Å². The summed E-state index contributed by atoms with van der Waals surface area (Å²) in [6, 6.07) is 17.1. The van der Waals surface area contributed by atoms with E-state index in [1.165, 1.54) is 16.7 Å². The minimum absolute atomic E-state index is 0.0708. The molecule has 0 spiro atoms. The van der Waals surface area contributed by atoms with Crippen LogP contribution in [0, 0.1) is 0 Å². The van der Waals surface area contributed by atoms with Crippen LogP contribution in [0.2, 0.25) is 5.02 Å². The van der Waals surface area contributed by atoms with Crippen molar-refractivity contribution in [3.8, 4) is 0 Å². The van der Waals surface area contributed by atoms with Crippen LogP contribution in [0.3, 0.4) is 0 Å². The Bertz CT molecular complexity index is 603. The van der Waals surface area contributed by atoms with Gasteiger partial charge >= 0.3 is 0 Å². The van der Waals surface area contributed by atoms with E-state index < -0.39 is 0 Å². The summed E-state index contributed by atoms with van der Waals surface area (Å²) in [6.07, 6.45) is 0.944. The van der Waals surface area contributed by atoms with Gasteiger partial charge in [-0.15, -0.1) is 0 Å². The smallest absolute Gasteiger partial charge is 0.0438 e. The molecule has 0 N–H and O–H groups in total. The van der Waals surface area contributed by atoms with Crippen LogP contribution in [0.15, 0.2) is 48.5 Å². The molecule has 2 aromatic rings. The van der Waals surface area contributed by atoms with Crippen molar-refractivity contribution in [3.05, 3.63) is 70.2 Å². The molecule has 2 rings (SSSR count). The van der Waals surface area contributed by atoms with Crippen molar-refractivity contribution >= 4 is 11.6 Å². The van der Waals surface area contributed by atoms with Crippen molar-refractivity contribution in [3.63, 3.8) is 0 Å². The lowest BCUT2D eigenvalue weighted by Gasteiger charge is -2.27. The molecule has 0 unspecified atom stereocenters. The molecule has 2 aromatic carbocycles. The first-order chi connectivity index (χ1) is 9.70. The third kappa shape index (κ3) is 3.89. The first-order valence-electron chi connectivity index (χ1n) is 7.54. The lowest BCUT2D eigenvalue weighted by atomic mass is 9.78. The van der Waals surface area contributed by atoms with E-state index in [2.05, 4.69) is 77.1 Å². The molecule has 0 nitrogen and oxygen atoms in total. The third-order valence-electron chi connectivity index (χ3n) is 4.10. The van der Waals surface area contributed by atoms with E-state index in [0.717, 1.165) is 11.4 Å². The molecule has 0 atom stereocenters. The Morgan fingerprint density at radius 3 is 2.00 bits per heavy atom. The van der Waals surface area contributed by atoms with E-state index in [9.17, 15) is 0 Å². The summed E-state index contributed by atoms with van der Waals surface area (Å²) in [4.78, 5) is 0. The van der Waals surface area contributed by atoms with E-state index in [-0.39, 0.29) is 10.8 Å². The minimum Gasteiger partial charge on any atom is -0.0840 e. The summed E-state index contributed by atoms with van der Waals surface area (Å²) in [7, 11) is 0. The number of benzene rings is 2. The van der Waals surface area contributed by atoms with Crippen molar-refractivity contribution in [2.45, 2.75) is 51.9 Å². The fraction of sp³-hybridized carbons (Fsp3) is 0.400. The van der Waals surface area contributed by atoms with Crippen LogP contribution in [-0.2, 0) is 17.3 Å². The van der Waals surface area contributed by atoms with Gasteiger partial charge in [-0.2, -0.15) is 0 Å². The predicted molar refractivity (Wildman–Crippen MR) is 93.3 cm³/mol. The van der Waals surface area contributed by atoms with Gasteiger partial charge in [0.2, 0.25) is 0 Å². The average molecular weight is 301 g/mol. The van der Waals surface area contributed by atoms with Crippen LogP contribution in [0.1, 0.15) is 51.3 Å². The number of hydrogen-bond donors (Lipinski definition) is 0. The quantitative estimate of drug-likeness (QED) is 0.637. The summed E-state index contributed by atoms with van der Waals surface area (Å²) < 4.78 is 0. The summed E-state index contributed by atoms with van der Waals surface area (Å²) in [5.41, 5.74) is 4.14. The molecule has 21 heavy (non-hydrogen) atoms. The van der Waals surface area contributed by atoms with E-state index in [0.29, 0.717) is 0 Å². The molecule has 0 saturated heterocycles. The van der Waals surface area contributed by atoms with Crippen molar-refractivity contribution in [2.24, 2.45) is 0 Å². The standard InChI is InChI=1S/C20H25Cl/c1-19(2,3)17-11-12-18(21)15(13-17)14-20(4,5)16-9-7-6-8-10-16/h6-13H,14H2,1-5H3. The van der Waals surface area contributed by atoms with Gasteiger partial charge in [-0.05, 0) is 40.0 Å². The van der Waals surface area contributed by atoms with Crippen LogP contribution in [0.5, 0.6) is 0 Å². The van der Waals surface area contributed by atoms with Gasteiger partial charge in [0.15, 0.2) is 0 Å². The zero-order chi connectivity index (χ0) is 15.7. The second-order valence-electron chi connectivity index (χ2n) is 7.48. The van der Waals surface area contributed by atoms with E-state index in [1.807, 2.05) is 6.07 Å². The molecule has 112 valence electrons. The topological polar surface area (TPSA) is 0 Å². The van der Waals surface area contributed by atoms with Crippen molar-refractivity contribution < 1.29 is 0 Å². The Morgan fingerprint density at radius 2 is 1.43 bits per heavy atom. The molecule has 0 saturated carbocycles. The molecule has 1 heteroatoms. The molecule has 0 aliphatic carbocycles. The molecule has 0 aromatic heterocycles. The number of hydrogen-bond acceptors (Lipinski definition) is 0. The summed E-state index contributed by atoms with van der Waals surface area (Å²) in [5.74, 6) is 0. The zero-order valence-electron chi connectivity index (χ0n) is 13.7. The number of halogens is 1. The summed E-state index contributed by atoms with van der Waals surface area (Å²) in [6.45, 7) is 11.3. The Labute approximate surface area is 134 Å². The fourth-order valence-corrected chi connectivity index (χ4v) is 2.83. The zero-order valence-corrected chi connectivity index (χ0v) is 14.5. The maximum Gasteiger partial charge on any atom is 0.0438 e. The van der Waals surface area contributed by atoms with Gasteiger partial charge in [0.05, 0.1) is 0 Å². The highest BCUT2D eigenvalue weighted by Gasteiger charge is 2.23. The average Bonchev–Trinajstić information content (AvgIpc) is 2.41. The van der Waals surface area contributed by atoms with Gasteiger partial charge in [-0.25, -0.2) is 0 Å². The molecule has 0 amide bonds. The first kappa shape index (κ1) is 16.1. The Kier molecular flexibility index (Phi) is 4.49. The molecule has 0 aliphatic heterocycles. The highest BCUT2D eigenvalue weighted by Crippen LogP contribution is 2.33. The van der Waals surface area contributed by atoms with E-state index in [4.69, 9.17) is 11.6 Å².